The molecule has 1 aromatic carbocycles. The van der Waals surface area contributed by atoms with E-state index >= 15 is 0 Å². The molecule has 0 radical (unpaired) electrons. The molecule has 1 unspecified atom stereocenters. The van der Waals surface area contributed by atoms with Gasteiger partial charge < -0.3 is 4.90 Å². The lowest BCUT2D eigenvalue weighted by Gasteiger charge is -2.39. The topological polar surface area (TPSA) is 6.48 Å². The van der Waals surface area contributed by atoms with E-state index < -0.39 is 11.7 Å². The van der Waals surface area contributed by atoms with Crippen molar-refractivity contribution in [3.05, 3.63) is 29.3 Å². The van der Waals surface area contributed by atoms with Gasteiger partial charge in [-0.3, -0.25) is 4.90 Å². The minimum absolute atomic E-state index is 0.292. The Hall–Kier alpha value is -1.23. The second-order valence-electron chi connectivity index (χ2n) is 5.78. The van der Waals surface area contributed by atoms with E-state index in [4.69, 9.17) is 0 Å². The average molecular weight is 284 g/mol. The molecule has 20 heavy (non-hydrogen) atoms. The van der Waals surface area contributed by atoms with E-state index in [2.05, 4.69) is 9.80 Å². The molecule has 2 nitrogen and oxygen atoms in total. The van der Waals surface area contributed by atoms with Crippen molar-refractivity contribution in [2.24, 2.45) is 0 Å². The molecule has 2 saturated heterocycles. The number of aryl methyl sites for hydroxylation is 1. The molecule has 1 aromatic rings. The number of hydrogen-bond acceptors (Lipinski definition) is 2. The largest absolute Gasteiger partial charge is 0.416 e. The fourth-order valence-corrected chi connectivity index (χ4v) is 3.34. The van der Waals surface area contributed by atoms with Gasteiger partial charge in [0.15, 0.2) is 0 Å². The lowest BCUT2D eigenvalue weighted by molar-refractivity contribution is -0.138. The average Bonchev–Trinajstić information content (AvgIpc) is 2.85. The minimum atomic E-state index is -4.27. The van der Waals surface area contributed by atoms with E-state index in [-0.39, 0.29) is 0 Å². The zero-order valence-electron chi connectivity index (χ0n) is 11.6. The highest BCUT2D eigenvalue weighted by molar-refractivity contribution is 5.52. The number of anilines is 1. The minimum Gasteiger partial charge on any atom is -0.369 e. The van der Waals surface area contributed by atoms with Crippen LogP contribution in [0.4, 0.5) is 18.9 Å². The van der Waals surface area contributed by atoms with Crippen LogP contribution in [0.25, 0.3) is 0 Å². The molecule has 2 aliphatic heterocycles. The number of alkyl halides is 3. The van der Waals surface area contributed by atoms with Crippen molar-refractivity contribution in [2.45, 2.75) is 32.0 Å². The fraction of sp³-hybridized carbons (Fsp3) is 0.600. The molecule has 3 rings (SSSR count). The number of hydrogen-bond donors (Lipinski definition) is 0. The Kier molecular flexibility index (Phi) is 3.40. The summed E-state index contributed by atoms with van der Waals surface area (Å²) < 4.78 is 39.0. The SMILES string of the molecule is Cc1ccc(N2CCN3CCCC3C2)cc1C(F)(F)F. The van der Waals surface area contributed by atoms with Crippen LogP contribution in [0.1, 0.15) is 24.0 Å². The Balaban J connectivity index is 1.84. The summed E-state index contributed by atoms with van der Waals surface area (Å²) in [7, 11) is 0. The van der Waals surface area contributed by atoms with Crippen molar-refractivity contribution < 1.29 is 13.2 Å². The number of nitrogens with zero attached hydrogens (tertiary/aromatic N) is 2. The van der Waals surface area contributed by atoms with E-state index in [1.165, 1.54) is 19.4 Å². The van der Waals surface area contributed by atoms with E-state index in [1.807, 2.05) is 6.07 Å². The predicted molar refractivity (Wildman–Crippen MR) is 73.0 cm³/mol. The van der Waals surface area contributed by atoms with Crippen molar-refractivity contribution in [3.63, 3.8) is 0 Å². The molecule has 1 atom stereocenters. The maximum Gasteiger partial charge on any atom is 0.416 e. The molecule has 110 valence electrons. The molecule has 0 aromatic heterocycles. The molecule has 0 aliphatic carbocycles. The van der Waals surface area contributed by atoms with Gasteiger partial charge in [0.25, 0.3) is 0 Å². The lowest BCUT2D eigenvalue weighted by atomic mass is 10.1. The van der Waals surface area contributed by atoms with Gasteiger partial charge in [-0.1, -0.05) is 6.07 Å². The summed E-state index contributed by atoms with van der Waals surface area (Å²) >= 11 is 0. The van der Waals surface area contributed by atoms with Crippen molar-refractivity contribution >= 4 is 5.69 Å². The van der Waals surface area contributed by atoms with Crippen LogP contribution in [0, 0.1) is 6.92 Å². The van der Waals surface area contributed by atoms with Gasteiger partial charge in [0.1, 0.15) is 0 Å². The third kappa shape index (κ3) is 2.51. The summed E-state index contributed by atoms with van der Waals surface area (Å²) in [6.07, 6.45) is -1.90. The van der Waals surface area contributed by atoms with E-state index in [1.54, 1.807) is 6.07 Å². The second-order valence-corrected chi connectivity index (χ2v) is 5.78. The number of rotatable bonds is 1. The number of benzene rings is 1. The Labute approximate surface area is 117 Å². The third-order valence-electron chi connectivity index (χ3n) is 4.48. The van der Waals surface area contributed by atoms with Gasteiger partial charge in [-0.25, -0.2) is 0 Å². The maximum absolute atomic E-state index is 13.0. The van der Waals surface area contributed by atoms with Gasteiger partial charge in [-0.2, -0.15) is 13.2 Å². The van der Waals surface area contributed by atoms with Crippen molar-refractivity contribution in [1.29, 1.82) is 0 Å². The third-order valence-corrected chi connectivity index (χ3v) is 4.48. The summed E-state index contributed by atoms with van der Waals surface area (Å²) in [5.41, 5.74) is 0.485. The number of fused-ring (bicyclic) bond motifs is 1. The van der Waals surface area contributed by atoms with Crippen LogP contribution in [0.5, 0.6) is 0 Å². The molecule has 0 N–H and O–H groups in total. The summed E-state index contributed by atoms with van der Waals surface area (Å²) in [6, 6.07) is 5.22. The molecule has 0 spiro atoms. The van der Waals surface area contributed by atoms with E-state index in [0.717, 1.165) is 32.6 Å². The molecular weight excluding hydrogens is 265 g/mol. The summed E-state index contributed by atoms with van der Waals surface area (Å²) in [5.74, 6) is 0. The molecule has 2 heterocycles. The Morgan fingerprint density at radius 2 is 1.95 bits per heavy atom. The summed E-state index contributed by atoms with van der Waals surface area (Å²) in [6.45, 7) is 5.28. The monoisotopic (exact) mass is 284 g/mol. The second kappa shape index (κ2) is 4.95. The zero-order chi connectivity index (χ0) is 14.3. The van der Waals surface area contributed by atoms with Crippen molar-refractivity contribution in [2.75, 3.05) is 31.1 Å². The normalized spacial score (nSPS) is 24.0. The fourth-order valence-electron chi connectivity index (χ4n) is 3.34. The highest BCUT2D eigenvalue weighted by atomic mass is 19.4. The number of piperazine rings is 1. The summed E-state index contributed by atoms with van der Waals surface area (Å²) in [5, 5.41) is 0. The molecule has 0 amide bonds. The number of halogens is 3. The zero-order valence-corrected chi connectivity index (χ0v) is 11.6. The smallest absolute Gasteiger partial charge is 0.369 e. The Bertz CT molecular complexity index is 498. The van der Waals surface area contributed by atoms with Crippen molar-refractivity contribution in [3.8, 4) is 0 Å². The van der Waals surface area contributed by atoms with Crippen LogP contribution in [0.2, 0.25) is 0 Å². The van der Waals surface area contributed by atoms with Gasteiger partial charge in [-0.05, 0) is 44.0 Å². The first kappa shape index (κ1) is 13.7. The molecule has 0 saturated carbocycles. The summed E-state index contributed by atoms with van der Waals surface area (Å²) in [4.78, 5) is 4.55. The highest BCUT2D eigenvalue weighted by Crippen LogP contribution is 2.35. The van der Waals surface area contributed by atoms with Crippen LogP contribution in [0.15, 0.2) is 18.2 Å². The van der Waals surface area contributed by atoms with Crippen LogP contribution >= 0.6 is 0 Å². The molecule has 2 aliphatic rings. The Morgan fingerprint density at radius 3 is 2.70 bits per heavy atom. The highest BCUT2D eigenvalue weighted by Gasteiger charge is 2.34. The molecule has 2 fully saturated rings. The van der Waals surface area contributed by atoms with Crippen LogP contribution < -0.4 is 4.90 Å². The van der Waals surface area contributed by atoms with Crippen LogP contribution in [0.3, 0.4) is 0 Å². The maximum atomic E-state index is 13.0. The molecule has 5 heteroatoms. The first-order chi connectivity index (χ1) is 9.45. The van der Waals surface area contributed by atoms with Gasteiger partial charge in [0.2, 0.25) is 0 Å². The van der Waals surface area contributed by atoms with Crippen molar-refractivity contribution in [1.82, 2.24) is 4.90 Å². The van der Waals surface area contributed by atoms with E-state index in [9.17, 15) is 13.2 Å². The first-order valence-electron chi connectivity index (χ1n) is 7.12. The van der Waals surface area contributed by atoms with Crippen LogP contribution in [-0.2, 0) is 6.18 Å². The van der Waals surface area contributed by atoms with Gasteiger partial charge in [0.05, 0.1) is 5.56 Å². The van der Waals surface area contributed by atoms with Gasteiger partial charge >= 0.3 is 6.18 Å². The predicted octanol–water partition coefficient (Wildman–Crippen LogP) is 3.30. The Morgan fingerprint density at radius 1 is 1.15 bits per heavy atom. The van der Waals surface area contributed by atoms with E-state index in [0.29, 0.717) is 17.3 Å². The van der Waals surface area contributed by atoms with Crippen LogP contribution in [-0.4, -0.2) is 37.1 Å². The standard InChI is InChI=1S/C15H19F3N2/c1-11-4-5-12(9-14(11)15(16,17)18)20-8-7-19-6-2-3-13(19)10-20/h4-5,9,13H,2-3,6-8,10H2,1H3. The lowest BCUT2D eigenvalue weighted by Crippen LogP contribution is -2.50. The van der Waals surface area contributed by atoms with Gasteiger partial charge in [0, 0.05) is 31.4 Å². The first-order valence-corrected chi connectivity index (χ1v) is 7.12. The molecule has 0 bridgehead atoms. The van der Waals surface area contributed by atoms with Gasteiger partial charge in [-0.15, -0.1) is 0 Å². The quantitative estimate of drug-likeness (QED) is 0.780. The molecular formula is C15H19F3N2.